The molecular weight excluding hydrogens is 294 g/mol. The molecule has 6 heteroatoms. The number of methoxy groups -OCH3 is 1. The van der Waals surface area contributed by atoms with Crippen LogP contribution in [-0.4, -0.2) is 28.8 Å². The van der Waals surface area contributed by atoms with E-state index in [1.54, 1.807) is 11.8 Å². The van der Waals surface area contributed by atoms with Gasteiger partial charge in [0.1, 0.15) is 17.4 Å². The summed E-state index contributed by atoms with van der Waals surface area (Å²) in [5, 5.41) is 2.87. The van der Waals surface area contributed by atoms with Crippen molar-refractivity contribution in [3.8, 4) is 5.75 Å². The van der Waals surface area contributed by atoms with Gasteiger partial charge in [0.2, 0.25) is 11.9 Å². The van der Waals surface area contributed by atoms with Gasteiger partial charge < -0.3 is 9.57 Å². The zero-order valence-electron chi connectivity index (χ0n) is 14.6. The summed E-state index contributed by atoms with van der Waals surface area (Å²) in [6.45, 7) is 9.79. The highest BCUT2D eigenvalue weighted by atomic mass is 16.7. The number of carbonyl (C=O) groups is 1. The van der Waals surface area contributed by atoms with Crippen molar-refractivity contribution < 1.29 is 14.4 Å². The van der Waals surface area contributed by atoms with Gasteiger partial charge >= 0.3 is 0 Å². The van der Waals surface area contributed by atoms with Crippen LogP contribution in [0.25, 0.3) is 11.0 Å². The topological polar surface area (TPSA) is 65.4 Å². The van der Waals surface area contributed by atoms with E-state index >= 15 is 0 Å². The average molecular weight is 319 g/mol. The number of amides is 1. The zero-order valence-corrected chi connectivity index (χ0v) is 14.6. The SMILES string of the molecule is COc1ccc2nc(NC(=O)[C@@H](C)C(C)C)n(OC(C)C)c2c1. The molecule has 2 aromatic rings. The van der Waals surface area contributed by atoms with Crippen LogP contribution in [0.3, 0.4) is 0 Å². The largest absolute Gasteiger partial charge is 0.497 e. The van der Waals surface area contributed by atoms with Crippen LogP contribution < -0.4 is 14.9 Å². The van der Waals surface area contributed by atoms with Crippen LogP contribution in [0.2, 0.25) is 0 Å². The highest BCUT2D eigenvalue weighted by molar-refractivity contribution is 5.93. The Morgan fingerprint density at radius 3 is 2.48 bits per heavy atom. The van der Waals surface area contributed by atoms with Crippen molar-refractivity contribution in [2.75, 3.05) is 12.4 Å². The van der Waals surface area contributed by atoms with Gasteiger partial charge in [-0.15, -0.1) is 4.73 Å². The van der Waals surface area contributed by atoms with Crippen molar-refractivity contribution in [2.45, 2.75) is 40.7 Å². The number of nitrogens with one attached hydrogen (secondary N) is 1. The molecule has 6 nitrogen and oxygen atoms in total. The van der Waals surface area contributed by atoms with E-state index in [0.717, 1.165) is 11.0 Å². The Morgan fingerprint density at radius 2 is 1.91 bits per heavy atom. The van der Waals surface area contributed by atoms with E-state index in [1.807, 2.05) is 52.8 Å². The molecule has 1 heterocycles. The third-order valence-electron chi connectivity index (χ3n) is 3.78. The third kappa shape index (κ3) is 3.75. The zero-order chi connectivity index (χ0) is 17.1. The Hall–Kier alpha value is -2.24. The van der Waals surface area contributed by atoms with Crippen molar-refractivity contribution in [2.24, 2.45) is 11.8 Å². The summed E-state index contributed by atoms with van der Waals surface area (Å²) in [4.78, 5) is 22.6. The van der Waals surface area contributed by atoms with Gasteiger partial charge in [0.05, 0.1) is 12.6 Å². The van der Waals surface area contributed by atoms with E-state index in [1.165, 1.54) is 0 Å². The van der Waals surface area contributed by atoms with Crippen molar-refractivity contribution in [1.82, 2.24) is 9.71 Å². The summed E-state index contributed by atoms with van der Waals surface area (Å²) in [5.41, 5.74) is 1.49. The number of ether oxygens (including phenoxy) is 1. The predicted molar refractivity (Wildman–Crippen MR) is 90.6 cm³/mol. The van der Waals surface area contributed by atoms with Crippen LogP contribution in [0.1, 0.15) is 34.6 Å². The lowest BCUT2D eigenvalue weighted by Gasteiger charge is -2.17. The van der Waals surface area contributed by atoms with Gasteiger partial charge in [-0.2, -0.15) is 0 Å². The van der Waals surface area contributed by atoms with E-state index in [-0.39, 0.29) is 23.8 Å². The molecule has 23 heavy (non-hydrogen) atoms. The lowest BCUT2D eigenvalue weighted by atomic mass is 9.97. The van der Waals surface area contributed by atoms with Crippen LogP contribution >= 0.6 is 0 Å². The summed E-state index contributed by atoms with van der Waals surface area (Å²) in [5.74, 6) is 1.16. The Morgan fingerprint density at radius 1 is 1.22 bits per heavy atom. The number of nitrogens with zero attached hydrogens (tertiary/aromatic N) is 2. The normalized spacial score (nSPS) is 12.7. The monoisotopic (exact) mass is 319 g/mol. The van der Waals surface area contributed by atoms with Crippen molar-refractivity contribution in [1.29, 1.82) is 0 Å². The fourth-order valence-electron chi connectivity index (χ4n) is 2.08. The molecule has 0 aliphatic carbocycles. The minimum absolute atomic E-state index is 0.0585. The molecule has 0 bridgehead atoms. The molecule has 126 valence electrons. The molecule has 2 rings (SSSR count). The molecule has 0 aliphatic heterocycles. The molecular formula is C17H25N3O3. The number of fused-ring (bicyclic) bond motifs is 1. The molecule has 0 spiro atoms. The fourth-order valence-corrected chi connectivity index (χ4v) is 2.08. The van der Waals surface area contributed by atoms with Crippen molar-refractivity contribution in [3.05, 3.63) is 18.2 Å². The standard InChI is InChI=1S/C17H25N3O3/c1-10(2)12(5)16(21)19-17-18-14-8-7-13(22-6)9-15(14)20(17)23-11(3)4/h7-12H,1-6H3,(H,18,19,21)/t12-/m0/s1. The Balaban J connectivity index is 2.43. The van der Waals surface area contributed by atoms with Gasteiger partial charge in [-0.1, -0.05) is 20.8 Å². The van der Waals surface area contributed by atoms with E-state index < -0.39 is 0 Å². The number of anilines is 1. The smallest absolute Gasteiger partial charge is 0.244 e. The second kappa shape index (κ2) is 6.89. The van der Waals surface area contributed by atoms with Gasteiger partial charge in [-0.05, 0) is 31.9 Å². The number of carbonyl (C=O) groups excluding carboxylic acids is 1. The Labute approximate surface area is 136 Å². The van der Waals surface area contributed by atoms with E-state index in [0.29, 0.717) is 11.7 Å². The van der Waals surface area contributed by atoms with Crippen LogP contribution in [0.15, 0.2) is 18.2 Å². The number of imidazole rings is 1. The Bertz CT molecular complexity index is 692. The fraction of sp³-hybridized carbons (Fsp3) is 0.529. The summed E-state index contributed by atoms with van der Waals surface area (Å²) in [6, 6.07) is 5.51. The number of aromatic nitrogens is 2. The van der Waals surface area contributed by atoms with Crippen LogP contribution in [0, 0.1) is 11.8 Å². The predicted octanol–water partition coefficient (Wildman–Crippen LogP) is 3.11. The van der Waals surface area contributed by atoms with Gasteiger partial charge in [-0.25, -0.2) is 4.98 Å². The lowest BCUT2D eigenvalue weighted by Crippen LogP contribution is -2.28. The number of hydrogen-bond donors (Lipinski definition) is 1. The molecule has 1 aromatic carbocycles. The maximum absolute atomic E-state index is 12.3. The quantitative estimate of drug-likeness (QED) is 0.888. The second-order valence-electron chi connectivity index (χ2n) is 6.26. The number of benzene rings is 1. The minimum atomic E-state index is -0.114. The average Bonchev–Trinajstić information content (AvgIpc) is 2.82. The molecule has 1 amide bonds. The maximum atomic E-state index is 12.3. The molecule has 0 unspecified atom stereocenters. The molecule has 0 aliphatic rings. The summed E-state index contributed by atoms with van der Waals surface area (Å²) in [6.07, 6.45) is -0.0585. The van der Waals surface area contributed by atoms with E-state index in [9.17, 15) is 4.79 Å². The van der Waals surface area contributed by atoms with Crippen LogP contribution in [0.5, 0.6) is 5.75 Å². The van der Waals surface area contributed by atoms with Gasteiger partial charge in [0.15, 0.2) is 0 Å². The molecule has 1 atom stereocenters. The first-order valence-corrected chi connectivity index (χ1v) is 7.88. The first-order valence-electron chi connectivity index (χ1n) is 7.88. The van der Waals surface area contributed by atoms with Gasteiger partial charge in [-0.3, -0.25) is 10.1 Å². The summed E-state index contributed by atoms with van der Waals surface area (Å²) >= 11 is 0. The summed E-state index contributed by atoms with van der Waals surface area (Å²) < 4.78 is 6.82. The van der Waals surface area contributed by atoms with E-state index in [2.05, 4.69) is 10.3 Å². The third-order valence-corrected chi connectivity index (χ3v) is 3.78. The van der Waals surface area contributed by atoms with E-state index in [4.69, 9.17) is 9.57 Å². The van der Waals surface area contributed by atoms with Crippen molar-refractivity contribution in [3.63, 3.8) is 0 Å². The van der Waals surface area contributed by atoms with Crippen molar-refractivity contribution >= 4 is 22.9 Å². The molecule has 0 saturated heterocycles. The molecule has 0 fully saturated rings. The number of rotatable bonds is 6. The number of hydrogen-bond acceptors (Lipinski definition) is 4. The van der Waals surface area contributed by atoms with Gasteiger partial charge in [0.25, 0.3) is 0 Å². The van der Waals surface area contributed by atoms with Gasteiger partial charge in [0, 0.05) is 12.0 Å². The highest BCUT2D eigenvalue weighted by Gasteiger charge is 2.21. The maximum Gasteiger partial charge on any atom is 0.244 e. The van der Waals surface area contributed by atoms with Crippen LogP contribution in [-0.2, 0) is 4.79 Å². The first kappa shape index (κ1) is 17.1. The molecule has 1 aromatic heterocycles. The molecule has 0 radical (unpaired) electrons. The summed E-state index contributed by atoms with van der Waals surface area (Å²) in [7, 11) is 1.61. The Kier molecular flexibility index (Phi) is 5.13. The molecule has 0 saturated carbocycles. The highest BCUT2D eigenvalue weighted by Crippen LogP contribution is 2.24. The minimum Gasteiger partial charge on any atom is -0.497 e. The first-order chi connectivity index (χ1) is 10.8. The second-order valence-corrected chi connectivity index (χ2v) is 6.26. The van der Waals surface area contributed by atoms with Crippen LogP contribution in [0.4, 0.5) is 5.95 Å². The lowest BCUT2D eigenvalue weighted by molar-refractivity contribution is -0.120. The molecule has 1 N–H and O–H groups in total.